The van der Waals surface area contributed by atoms with E-state index in [1.807, 2.05) is 67.7 Å². The molecule has 0 atom stereocenters. The molecule has 0 aromatic heterocycles. The molecule has 1 aliphatic heterocycles. The first-order valence-electron chi connectivity index (χ1n) is 5.85. The van der Waals surface area contributed by atoms with E-state index >= 15 is 0 Å². The summed E-state index contributed by atoms with van der Waals surface area (Å²) in [4.78, 5) is 3.83. The van der Waals surface area contributed by atoms with Crippen molar-refractivity contribution in [2.24, 2.45) is 0 Å². The minimum absolute atomic E-state index is 0.870. The number of nitrogens with zero attached hydrogens (tertiary/aromatic N) is 1. The maximum atomic E-state index is 12.5. The third-order valence-electron chi connectivity index (χ3n) is 2.95. The second-order valence-electron chi connectivity index (χ2n) is 4.06. The van der Waals surface area contributed by atoms with Crippen molar-refractivity contribution >= 4 is 22.2 Å². The highest BCUT2D eigenvalue weighted by Gasteiger charge is 2.25. The van der Waals surface area contributed by atoms with Gasteiger partial charge in [-0.2, -0.15) is 0 Å². The molecule has 0 aliphatic carbocycles. The Kier molecular flexibility index (Phi) is 2.76. The van der Waals surface area contributed by atoms with Gasteiger partial charge in [-0.3, -0.25) is 0 Å². The topological polar surface area (TPSA) is 20.3 Å². The number of hydrogen-bond acceptors (Lipinski definition) is 2. The fourth-order valence-corrected chi connectivity index (χ4v) is 3.54. The standard InChI is InChI=1S/C15H13NOS/c1-2-11-16-12-7-3-5-9-14(12)18(17)15-10-6-4-8-13(15)16/h2-11H,1H3/b11-2+. The number of para-hydroxylation sites is 2. The van der Waals surface area contributed by atoms with E-state index in [1.165, 1.54) is 0 Å². The average molecular weight is 255 g/mol. The predicted molar refractivity (Wildman–Crippen MR) is 74.5 cm³/mol. The molecule has 0 N–H and O–H groups in total. The molecule has 3 rings (SSSR count). The molecule has 0 saturated heterocycles. The van der Waals surface area contributed by atoms with Gasteiger partial charge in [0, 0.05) is 6.20 Å². The second kappa shape index (κ2) is 4.42. The Hall–Kier alpha value is -1.87. The highest BCUT2D eigenvalue weighted by Crippen LogP contribution is 2.41. The molecule has 18 heavy (non-hydrogen) atoms. The van der Waals surface area contributed by atoms with Gasteiger partial charge in [-0.1, -0.05) is 30.3 Å². The molecule has 0 bridgehead atoms. The van der Waals surface area contributed by atoms with Gasteiger partial charge in [-0.25, -0.2) is 4.21 Å². The van der Waals surface area contributed by atoms with Crippen molar-refractivity contribution in [2.75, 3.05) is 4.90 Å². The molecule has 1 aliphatic rings. The number of rotatable bonds is 1. The lowest BCUT2D eigenvalue weighted by molar-refractivity contribution is 0.682. The molecule has 2 nitrogen and oxygen atoms in total. The zero-order valence-electron chi connectivity index (χ0n) is 10.0. The van der Waals surface area contributed by atoms with Crippen molar-refractivity contribution in [2.45, 2.75) is 16.7 Å². The number of fused-ring (bicyclic) bond motifs is 2. The molecular weight excluding hydrogens is 242 g/mol. The van der Waals surface area contributed by atoms with Gasteiger partial charge >= 0.3 is 0 Å². The zero-order valence-corrected chi connectivity index (χ0v) is 10.9. The normalized spacial score (nSPS) is 14.6. The summed E-state index contributed by atoms with van der Waals surface area (Å²) in [5, 5.41) is 0. The van der Waals surface area contributed by atoms with E-state index < -0.39 is 10.8 Å². The first-order valence-corrected chi connectivity index (χ1v) is 7.00. The van der Waals surface area contributed by atoms with Crippen molar-refractivity contribution in [3.63, 3.8) is 0 Å². The van der Waals surface area contributed by atoms with Crippen LogP contribution in [-0.2, 0) is 10.8 Å². The molecule has 2 aromatic rings. The van der Waals surface area contributed by atoms with E-state index in [-0.39, 0.29) is 0 Å². The smallest absolute Gasteiger partial charge is 0.0892 e. The molecular formula is C15H13NOS. The summed E-state index contributed by atoms with van der Waals surface area (Å²) in [6.45, 7) is 1.98. The Morgan fingerprint density at radius 1 is 0.944 bits per heavy atom. The van der Waals surface area contributed by atoms with E-state index in [4.69, 9.17) is 0 Å². The van der Waals surface area contributed by atoms with E-state index in [1.54, 1.807) is 0 Å². The van der Waals surface area contributed by atoms with Gasteiger partial charge in [0.25, 0.3) is 0 Å². The summed E-state index contributed by atoms with van der Waals surface area (Å²) in [5.74, 6) is 0. The first kappa shape index (κ1) is 11.2. The molecule has 0 radical (unpaired) electrons. The Morgan fingerprint density at radius 2 is 1.44 bits per heavy atom. The van der Waals surface area contributed by atoms with Gasteiger partial charge in [0.05, 0.1) is 32.0 Å². The monoisotopic (exact) mass is 255 g/mol. The van der Waals surface area contributed by atoms with Crippen LogP contribution in [0.5, 0.6) is 0 Å². The lowest BCUT2D eigenvalue weighted by atomic mass is 10.2. The predicted octanol–water partition coefficient (Wildman–Crippen LogP) is 3.84. The van der Waals surface area contributed by atoms with Gasteiger partial charge in [0.2, 0.25) is 0 Å². The Balaban J connectivity index is 2.30. The van der Waals surface area contributed by atoms with Crippen LogP contribution in [0.25, 0.3) is 0 Å². The van der Waals surface area contributed by atoms with Crippen molar-refractivity contribution in [3.8, 4) is 0 Å². The Labute approximate surface area is 109 Å². The van der Waals surface area contributed by atoms with Crippen molar-refractivity contribution in [1.29, 1.82) is 0 Å². The number of benzene rings is 2. The molecule has 0 unspecified atom stereocenters. The quantitative estimate of drug-likeness (QED) is 0.771. The minimum atomic E-state index is -1.09. The second-order valence-corrected chi connectivity index (χ2v) is 5.47. The van der Waals surface area contributed by atoms with Gasteiger partial charge in [0.1, 0.15) is 0 Å². The zero-order chi connectivity index (χ0) is 12.5. The third kappa shape index (κ3) is 1.59. The largest absolute Gasteiger partial charge is 0.315 e. The van der Waals surface area contributed by atoms with Crippen molar-refractivity contribution in [3.05, 3.63) is 60.8 Å². The van der Waals surface area contributed by atoms with Crippen LogP contribution in [0.3, 0.4) is 0 Å². The van der Waals surface area contributed by atoms with Crippen LogP contribution >= 0.6 is 0 Å². The van der Waals surface area contributed by atoms with Gasteiger partial charge in [-0.05, 0) is 31.2 Å². The Bertz CT molecular complexity index is 599. The molecule has 0 spiro atoms. The van der Waals surface area contributed by atoms with Crippen molar-refractivity contribution < 1.29 is 4.21 Å². The Morgan fingerprint density at radius 3 is 1.94 bits per heavy atom. The average Bonchev–Trinajstić information content (AvgIpc) is 2.43. The molecule has 0 fully saturated rings. The molecule has 90 valence electrons. The van der Waals surface area contributed by atoms with Crippen LogP contribution < -0.4 is 4.90 Å². The summed E-state index contributed by atoms with van der Waals surface area (Å²) in [6.07, 6.45) is 4.00. The highest BCUT2D eigenvalue weighted by molar-refractivity contribution is 7.85. The first-order chi connectivity index (χ1) is 8.83. The van der Waals surface area contributed by atoms with Crippen LogP contribution in [0.1, 0.15) is 6.92 Å². The SMILES string of the molecule is C/C=C/N1c2ccccc2S(=O)c2ccccc21. The molecule has 3 heteroatoms. The molecule has 1 heterocycles. The van der Waals surface area contributed by atoms with Crippen LogP contribution in [0.4, 0.5) is 11.4 Å². The molecule has 2 aromatic carbocycles. The summed E-state index contributed by atoms with van der Waals surface area (Å²) in [6, 6.07) is 15.7. The van der Waals surface area contributed by atoms with Gasteiger partial charge < -0.3 is 4.90 Å². The third-order valence-corrected chi connectivity index (χ3v) is 4.44. The number of hydrogen-bond donors (Lipinski definition) is 0. The van der Waals surface area contributed by atoms with E-state index in [9.17, 15) is 4.21 Å². The van der Waals surface area contributed by atoms with Crippen LogP contribution in [-0.4, -0.2) is 4.21 Å². The number of anilines is 2. The van der Waals surface area contributed by atoms with Crippen molar-refractivity contribution in [1.82, 2.24) is 0 Å². The lowest BCUT2D eigenvalue weighted by Crippen LogP contribution is -2.18. The van der Waals surface area contributed by atoms with Crippen LogP contribution in [0, 0.1) is 0 Å². The van der Waals surface area contributed by atoms with Crippen LogP contribution in [0.15, 0.2) is 70.6 Å². The van der Waals surface area contributed by atoms with E-state index in [0.29, 0.717) is 0 Å². The number of allylic oxidation sites excluding steroid dienone is 1. The van der Waals surface area contributed by atoms with Gasteiger partial charge in [-0.15, -0.1) is 0 Å². The lowest BCUT2D eigenvalue weighted by Gasteiger charge is -2.29. The summed E-state index contributed by atoms with van der Waals surface area (Å²) in [5.41, 5.74) is 1.99. The summed E-state index contributed by atoms with van der Waals surface area (Å²) in [7, 11) is -1.09. The summed E-state index contributed by atoms with van der Waals surface area (Å²) >= 11 is 0. The maximum Gasteiger partial charge on any atom is 0.0892 e. The summed E-state index contributed by atoms with van der Waals surface area (Å²) < 4.78 is 12.5. The van der Waals surface area contributed by atoms with E-state index in [0.717, 1.165) is 21.2 Å². The minimum Gasteiger partial charge on any atom is -0.315 e. The van der Waals surface area contributed by atoms with E-state index in [2.05, 4.69) is 4.90 Å². The fourth-order valence-electron chi connectivity index (χ4n) is 2.18. The highest BCUT2D eigenvalue weighted by atomic mass is 32.2. The van der Waals surface area contributed by atoms with Gasteiger partial charge in [0.15, 0.2) is 0 Å². The molecule has 0 amide bonds. The molecule has 0 saturated carbocycles. The fraction of sp³-hybridized carbons (Fsp3) is 0.0667. The van der Waals surface area contributed by atoms with Crippen LogP contribution in [0.2, 0.25) is 0 Å². The maximum absolute atomic E-state index is 12.5.